The van der Waals surface area contributed by atoms with Crippen LogP contribution in [0.15, 0.2) is 54.6 Å². The zero-order chi connectivity index (χ0) is 21.4. The second kappa shape index (κ2) is 7.76. The normalized spacial score (nSPS) is 11.1. The fraction of sp³-hybridized carbons (Fsp3) is 0.0909. The molecule has 1 heterocycles. The number of hydrogen-bond acceptors (Lipinski definition) is 4. The van der Waals surface area contributed by atoms with Crippen molar-refractivity contribution in [3.63, 3.8) is 0 Å². The van der Waals surface area contributed by atoms with Gasteiger partial charge in [0.05, 0.1) is 29.3 Å². The molecule has 0 aliphatic rings. The van der Waals surface area contributed by atoms with Crippen LogP contribution in [0.3, 0.4) is 0 Å². The third-order valence-electron chi connectivity index (χ3n) is 4.68. The van der Waals surface area contributed by atoms with Gasteiger partial charge >= 0.3 is 5.97 Å². The molecule has 0 atom stereocenters. The Bertz CT molecular complexity index is 1290. The van der Waals surface area contributed by atoms with Crippen molar-refractivity contribution >= 4 is 28.6 Å². The van der Waals surface area contributed by atoms with E-state index in [1.165, 1.54) is 13.2 Å². The van der Waals surface area contributed by atoms with Crippen LogP contribution in [-0.4, -0.2) is 27.7 Å². The summed E-state index contributed by atoms with van der Waals surface area (Å²) in [7, 11) is 1.29. The summed E-state index contributed by atoms with van der Waals surface area (Å²) in [5.74, 6) is -2.35. The van der Waals surface area contributed by atoms with Gasteiger partial charge in [-0.25, -0.2) is 18.6 Å². The quantitative estimate of drug-likeness (QED) is 0.455. The first-order chi connectivity index (χ1) is 14.4. The number of nitrogens with zero attached hydrogens (tertiary/aromatic N) is 2. The molecule has 0 fully saturated rings. The van der Waals surface area contributed by atoms with Crippen LogP contribution < -0.4 is 0 Å². The van der Waals surface area contributed by atoms with Crippen LogP contribution >= 0.6 is 11.6 Å². The highest BCUT2D eigenvalue weighted by atomic mass is 35.5. The first-order valence-electron chi connectivity index (χ1n) is 8.89. The summed E-state index contributed by atoms with van der Waals surface area (Å²) in [6, 6.07) is 13.3. The molecular weight excluding hydrogens is 414 g/mol. The van der Waals surface area contributed by atoms with Crippen molar-refractivity contribution in [1.29, 1.82) is 0 Å². The van der Waals surface area contributed by atoms with E-state index >= 15 is 0 Å². The number of aromatic hydroxyl groups is 1. The summed E-state index contributed by atoms with van der Waals surface area (Å²) < 4.78 is 34.2. The number of benzene rings is 3. The molecule has 5 nitrogen and oxygen atoms in total. The molecule has 0 saturated heterocycles. The molecule has 4 rings (SSSR count). The number of hydrogen-bond donors (Lipinski definition) is 1. The van der Waals surface area contributed by atoms with Crippen molar-refractivity contribution in [3.8, 4) is 17.1 Å². The van der Waals surface area contributed by atoms with Gasteiger partial charge in [0, 0.05) is 23.7 Å². The van der Waals surface area contributed by atoms with Gasteiger partial charge in [0.15, 0.2) is 11.6 Å². The maximum absolute atomic E-state index is 14.0. The Morgan fingerprint density at radius 1 is 1.13 bits per heavy atom. The second-order valence-electron chi connectivity index (χ2n) is 6.63. The molecule has 0 aliphatic carbocycles. The van der Waals surface area contributed by atoms with Crippen LogP contribution in [0, 0.1) is 11.6 Å². The van der Waals surface area contributed by atoms with Crippen LogP contribution in [0.4, 0.5) is 8.78 Å². The Morgan fingerprint density at radius 2 is 1.90 bits per heavy atom. The Hall–Kier alpha value is -3.45. The van der Waals surface area contributed by atoms with E-state index in [2.05, 4.69) is 4.98 Å². The largest absolute Gasteiger partial charge is 0.507 e. The van der Waals surface area contributed by atoms with Gasteiger partial charge < -0.3 is 14.4 Å². The molecule has 0 amide bonds. The van der Waals surface area contributed by atoms with Gasteiger partial charge in [0.25, 0.3) is 0 Å². The molecule has 4 aromatic rings. The van der Waals surface area contributed by atoms with Gasteiger partial charge in [-0.2, -0.15) is 0 Å². The number of rotatable bonds is 4. The number of aromatic nitrogens is 2. The van der Waals surface area contributed by atoms with Crippen molar-refractivity contribution in [1.82, 2.24) is 9.55 Å². The first-order valence-corrected chi connectivity index (χ1v) is 9.26. The molecule has 0 radical (unpaired) electrons. The third-order valence-corrected chi connectivity index (χ3v) is 4.91. The van der Waals surface area contributed by atoms with Crippen LogP contribution in [0.25, 0.3) is 22.4 Å². The van der Waals surface area contributed by atoms with E-state index < -0.39 is 17.6 Å². The van der Waals surface area contributed by atoms with Crippen LogP contribution in [-0.2, 0) is 11.3 Å². The molecule has 1 aromatic heterocycles. The number of fused-ring (bicyclic) bond motifs is 1. The summed E-state index contributed by atoms with van der Waals surface area (Å²) in [5.41, 5.74) is 1.97. The summed E-state index contributed by atoms with van der Waals surface area (Å²) in [4.78, 5) is 16.3. The third kappa shape index (κ3) is 3.59. The highest BCUT2D eigenvalue weighted by Gasteiger charge is 2.19. The lowest BCUT2D eigenvalue weighted by Gasteiger charge is -2.12. The number of carbonyl (C=O) groups excluding carboxylic acids is 1. The Balaban J connectivity index is 1.91. The van der Waals surface area contributed by atoms with Gasteiger partial charge in [-0.05, 0) is 35.9 Å². The molecule has 0 aliphatic heterocycles. The molecule has 3 aromatic carbocycles. The Kier molecular flexibility index (Phi) is 5.13. The molecule has 1 N–H and O–H groups in total. The lowest BCUT2D eigenvalue weighted by Crippen LogP contribution is -2.06. The second-order valence-corrected chi connectivity index (χ2v) is 7.07. The van der Waals surface area contributed by atoms with Crippen molar-refractivity contribution in [2.24, 2.45) is 0 Å². The summed E-state index contributed by atoms with van der Waals surface area (Å²) in [6.45, 7) is 0.184. The number of ether oxygens (including phenoxy) is 1. The molecular formula is C22H15ClF2N2O3. The lowest BCUT2D eigenvalue weighted by molar-refractivity contribution is 0.0600. The smallest absolute Gasteiger partial charge is 0.337 e. The number of carbonyl (C=O) groups is 1. The summed E-state index contributed by atoms with van der Waals surface area (Å²) in [5, 5.41) is 10.7. The molecule has 0 unspecified atom stereocenters. The molecule has 0 bridgehead atoms. The fourth-order valence-corrected chi connectivity index (χ4v) is 3.44. The van der Waals surface area contributed by atoms with Crippen LogP contribution in [0.2, 0.25) is 5.02 Å². The molecule has 0 saturated carbocycles. The van der Waals surface area contributed by atoms with Crippen molar-refractivity contribution < 1.29 is 23.4 Å². The SMILES string of the molecule is COC(=O)c1cccc(Cn2c(-c3ccc(Cl)cc3O)nc3cc(F)c(F)cc32)c1. The number of esters is 1. The minimum atomic E-state index is -1.02. The first kappa shape index (κ1) is 19.8. The molecule has 152 valence electrons. The Labute approximate surface area is 175 Å². The Morgan fingerprint density at radius 3 is 2.63 bits per heavy atom. The van der Waals surface area contributed by atoms with Crippen molar-refractivity contribution in [2.75, 3.05) is 7.11 Å². The average molecular weight is 429 g/mol. The highest BCUT2D eigenvalue weighted by Crippen LogP contribution is 2.34. The monoisotopic (exact) mass is 428 g/mol. The number of halogens is 3. The van der Waals surface area contributed by atoms with Gasteiger partial charge in [0.1, 0.15) is 11.6 Å². The van der Waals surface area contributed by atoms with E-state index in [1.54, 1.807) is 41.0 Å². The van der Waals surface area contributed by atoms with E-state index in [4.69, 9.17) is 16.3 Å². The van der Waals surface area contributed by atoms with Gasteiger partial charge in [-0.3, -0.25) is 0 Å². The predicted molar refractivity (Wildman–Crippen MR) is 109 cm³/mol. The summed E-state index contributed by atoms with van der Waals surface area (Å²) in [6.07, 6.45) is 0. The lowest BCUT2D eigenvalue weighted by atomic mass is 10.1. The van der Waals surface area contributed by atoms with Gasteiger partial charge in [-0.1, -0.05) is 23.7 Å². The zero-order valence-corrected chi connectivity index (χ0v) is 16.5. The van der Waals surface area contributed by atoms with Gasteiger partial charge in [-0.15, -0.1) is 0 Å². The van der Waals surface area contributed by atoms with Crippen molar-refractivity contribution in [2.45, 2.75) is 6.54 Å². The standard InChI is InChI=1S/C22H15ClF2N2O3/c1-30-22(29)13-4-2-3-12(7-13)11-27-19-10-17(25)16(24)9-18(19)26-21(27)15-6-5-14(23)8-20(15)28/h2-10,28H,11H2,1H3. The topological polar surface area (TPSA) is 64.3 Å². The van der Waals surface area contributed by atoms with E-state index in [1.807, 2.05) is 0 Å². The number of imidazole rings is 1. The molecule has 0 spiro atoms. The van der Waals surface area contributed by atoms with Crippen LogP contribution in [0.5, 0.6) is 5.75 Å². The molecule has 30 heavy (non-hydrogen) atoms. The van der Waals surface area contributed by atoms with Gasteiger partial charge in [0.2, 0.25) is 0 Å². The summed E-state index contributed by atoms with van der Waals surface area (Å²) >= 11 is 5.92. The fourth-order valence-electron chi connectivity index (χ4n) is 3.28. The van der Waals surface area contributed by atoms with E-state index in [-0.39, 0.29) is 17.8 Å². The number of phenols is 1. The van der Waals surface area contributed by atoms with E-state index in [0.29, 0.717) is 33.1 Å². The van der Waals surface area contributed by atoms with Crippen molar-refractivity contribution in [3.05, 3.63) is 82.4 Å². The zero-order valence-electron chi connectivity index (χ0n) is 15.7. The highest BCUT2D eigenvalue weighted by molar-refractivity contribution is 6.30. The van der Waals surface area contributed by atoms with E-state index in [9.17, 15) is 18.7 Å². The average Bonchev–Trinajstić information content (AvgIpc) is 3.05. The maximum Gasteiger partial charge on any atom is 0.337 e. The van der Waals surface area contributed by atoms with Crippen LogP contribution in [0.1, 0.15) is 15.9 Å². The number of phenolic OH excluding ortho intramolecular Hbond substituents is 1. The number of methoxy groups -OCH3 is 1. The van der Waals surface area contributed by atoms with E-state index in [0.717, 1.165) is 12.1 Å². The molecule has 8 heteroatoms. The minimum absolute atomic E-state index is 0.122. The minimum Gasteiger partial charge on any atom is -0.507 e. The maximum atomic E-state index is 14.0. The predicted octanol–water partition coefficient (Wildman–Crippen LogP) is 5.18.